The van der Waals surface area contributed by atoms with Gasteiger partial charge in [0.2, 0.25) is 0 Å². The second-order valence-electron chi connectivity index (χ2n) is 7.14. The zero-order chi connectivity index (χ0) is 18.7. The Bertz CT molecular complexity index is 454. The molecular formula is C22H39N3O. The molecule has 0 spiro atoms. The number of nitrogens with one attached hydrogen (secondary N) is 1. The fourth-order valence-electron chi connectivity index (χ4n) is 3.04. The lowest BCUT2D eigenvalue weighted by molar-refractivity contribution is 0.242. The third-order valence-corrected chi connectivity index (χ3v) is 4.70. The summed E-state index contributed by atoms with van der Waals surface area (Å²) in [6.45, 7) is 3.02. The van der Waals surface area contributed by atoms with E-state index < -0.39 is 0 Å². The summed E-state index contributed by atoms with van der Waals surface area (Å²) in [7, 11) is 0. The standard InChI is InChI=1S/C22H39N3O/c1-2-3-4-5-6-7-8-9-10-11-12-13-14-15-16-17-18-24-22(26)25-20-19-23-21-25/h9-10,19-21H,2-8,11-18H2,1H3,(H,24,26)/b10-9-. The molecule has 1 rings (SSSR count). The molecule has 0 aromatic carbocycles. The molecule has 0 atom stereocenters. The van der Waals surface area contributed by atoms with Crippen LogP contribution in [0.4, 0.5) is 4.79 Å². The maximum Gasteiger partial charge on any atom is 0.326 e. The molecule has 148 valence electrons. The predicted octanol–water partition coefficient (Wildman–Crippen LogP) is 6.48. The summed E-state index contributed by atoms with van der Waals surface area (Å²) in [6.07, 6.45) is 27.8. The molecule has 0 aliphatic heterocycles. The van der Waals surface area contributed by atoms with Crippen molar-refractivity contribution in [2.45, 2.75) is 96.8 Å². The number of nitrogens with zero attached hydrogens (tertiary/aromatic N) is 2. The van der Waals surface area contributed by atoms with Crippen molar-refractivity contribution >= 4 is 6.03 Å². The molecule has 1 amide bonds. The van der Waals surface area contributed by atoms with Gasteiger partial charge in [-0.05, 0) is 32.1 Å². The molecule has 26 heavy (non-hydrogen) atoms. The van der Waals surface area contributed by atoms with Gasteiger partial charge in [-0.1, -0.05) is 76.9 Å². The van der Waals surface area contributed by atoms with Crippen LogP contribution in [-0.4, -0.2) is 22.1 Å². The quantitative estimate of drug-likeness (QED) is 0.270. The number of carbonyl (C=O) groups excluding carboxylic acids is 1. The molecule has 1 aromatic rings. The third-order valence-electron chi connectivity index (χ3n) is 4.70. The molecule has 1 aromatic heterocycles. The lowest BCUT2D eigenvalue weighted by Gasteiger charge is -2.05. The minimum atomic E-state index is -0.0877. The van der Waals surface area contributed by atoms with Crippen molar-refractivity contribution in [1.82, 2.24) is 14.9 Å². The molecule has 0 saturated carbocycles. The first kappa shape index (κ1) is 22.5. The van der Waals surface area contributed by atoms with Gasteiger partial charge in [-0.15, -0.1) is 0 Å². The molecule has 1 N–H and O–H groups in total. The number of aromatic nitrogens is 2. The van der Waals surface area contributed by atoms with Gasteiger partial charge >= 0.3 is 6.03 Å². The second-order valence-corrected chi connectivity index (χ2v) is 7.14. The maximum absolute atomic E-state index is 11.7. The SMILES string of the molecule is CCCCCCCC/C=C\CCCCCCCCNC(=O)n1ccnc1. The smallest absolute Gasteiger partial charge is 0.326 e. The van der Waals surface area contributed by atoms with Crippen LogP contribution in [0.5, 0.6) is 0 Å². The van der Waals surface area contributed by atoms with Crippen LogP contribution in [0.2, 0.25) is 0 Å². The van der Waals surface area contributed by atoms with E-state index in [1.54, 1.807) is 12.4 Å². The normalized spacial score (nSPS) is 11.3. The van der Waals surface area contributed by atoms with Crippen LogP contribution in [0.25, 0.3) is 0 Å². The second kappa shape index (κ2) is 16.9. The van der Waals surface area contributed by atoms with Crippen LogP contribution in [0, 0.1) is 0 Å². The van der Waals surface area contributed by atoms with E-state index >= 15 is 0 Å². The van der Waals surface area contributed by atoms with Crippen LogP contribution in [0.15, 0.2) is 30.9 Å². The lowest BCUT2D eigenvalue weighted by Crippen LogP contribution is -2.28. The minimum absolute atomic E-state index is 0.0877. The average molecular weight is 362 g/mol. The number of hydrogen-bond donors (Lipinski definition) is 1. The Morgan fingerprint density at radius 1 is 0.885 bits per heavy atom. The van der Waals surface area contributed by atoms with Crippen molar-refractivity contribution < 1.29 is 4.79 Å². The molecule has 0 aliphatic carbocycles. The van der Waals surface area contributed by atoms with Gasteiger partial charge in [0.25, 0.3) is 0 Å². The minimum Gasteiger partial charge on any atom is -0.337 e. The molecule has 4 nitrogen and oxygen atoms in total. The van der Waals surface area contributed by atoms with Gasteiger partial charge in [0.05, 0.1) is 0 Å². The summed E-state index contributed by atoms with van der Waals surface area (Å²) in [6, 6.07) is -0.0877. The molecular weight excluding hydrogens is 322 g/mol. The van der Waals surface area contributed by atoms with E-state index in [-0.39, 0.29) is 6.03 Å². The third kappa shape index (κ3) is 12.7. The molecule has 0 fully saturated rings. The van der Waals surface area contributed by atoms with Gasteiger partial charge in [0.1, 0.15) is 6.33 Å². The van der Waals surface area contributed by atoms with Crippen molar-refractivity contribution in [2.24, 2.45) is 0 Å². The van der Waals surface area contributed by atoms with Crippen molar-refractivity contribution in [3.8, 4) is 0 Å². The summed E-state index contributed by atoms with van der Waals surface area (Å²) >= 11 is 0. The number of allylic oxidation sites excluding steroid dienone is 2. The summed E-state index contributed by atoms with van der Waals surface area (Å²) in [4.78, 5) is 15.5. The molecule has 0 aliphatic rings. The molecule has 1 heterocycles. The lowest BCUT2D eigenvalue weighted by atomic mass is 10.1. The largest absolute Gasteiger partial charge is 0.337 e. The Kier molecular flexibility index (Phi) is 14.6. The van der Waals surface area contributed by atoms with Gasteiger partial charge < -0.3 is 5.32 Å². The molecule has 4 heteroatoms. The fraction of sp³-hybridized carbons (Fsp3) is 0.727. The number of hydrogen-bond acceptors (Lipinski definition) is 2. The average Bonchev–Trinajstić information content (AvgIpc) is 3.19. The highest BCUT2D eigenvalue weighted by molar-refractivity contribution is 5.76. The first-order valence-electron chi connectivity index (χ1n) is 10.8. The summed E-state index contributed by atoms with van der Waals surface area (Å²) < 4.78 is 1.47. The summed E-state index contributed by atoms with van der Waals surface area (Å²) in [5.74, 6) is 0. The van der Waals surface area contributed by atoms with Crippen LogP contribution in [0.1, 0.15) is 96.8 Å². The number of carbonyl (C=O) groups is 1. The van der Waals surface area contributed by atoms with Gasteiger partial charge in [0, 0.05) is 18.9 Å². The summed E-state index contributed by atoms with van der Waals surface area (Å²) in [5, 5.41) is 2.91. The molecule has 0 unspecified atom stereocenters. The molecule has 0 bridgehead atoms. The Balaban J connectivity index is 1.76. The Labute approximate surface area is 160 Å². The Morgan fingerprint density at radius 2 is 1.46 bits per heavy atom. The van der Waals surface area contributed by atoms with Gasteiger partial charge in [-0.3, -0.25) is 4.57 Å². The van der Waals surface area contributed by atoms with E-state index in [1.807, 2.05) is 0 Å². The van der Waals surface area contributed by atoms with Crippen molar-refractivity contribution in [3.63, 3.8) is 0 Å². The van der Waals surface area contributed by atoms with Crippen LogP contribution >= 0.6 is 0 Å². The van der Waals surface area contributed by atoms with Crippen molar-refractivity contribution in [1.29, 1.82) is 0 Å². The van der Waals surface area contributed by atoms with E-state index in [1.165, 1.54) is 94.4 Å². The predicted molar refractivity (Wildman–Crippen MR) is 110 cm³/mol. The molecule has 0 radical (unpaired) electrons. The van der Waals surface area contributed by atoms with Crippen LogP contribution in [-0.2, 0) is 0 Å². The van der Waals surface area contributed by atoms with Crippen molar-refractivity contribution in [3.05, 3.63) is 30.9 Å². The van der Waals surface area contributed by atoms with E-state index in [4.69, 9.17) is 0 Å². The monoisotopic (exact) mass is 361 g/mol. The van der Waals surface area contributed by atoms with Crippen LogP contribution in [0.3, 0.4) is 0 Å². The Morgan fingerprint density at radius 3 is 2.04 bits per heavy atom. The highest BCUT2D eigenvalue weighted by atomic mass is 16.2. The molecule has 0 saturated heterocycles. The first-order valence-corrected chi connectivity index (χ1v) is 10.8. The number of rotatable bonds is 16. The van der Waals surface area contributed by atoms with Crippen molar-refractivity contribution in [2.75, 3.05) is 6.54 Å². The van der Waals surface area contributed by atoms with E-state index in [0.717, 1.165) is 13.0 Å². The zero-order valence-corrected chi connectivity index (χ0v) is 16.8. The topological polar surface area (TPSA) is 46.9 Å². The van der Waals surface area contributed by atoms with E-state index in [2.05, 4.69) is 29.4 Å². The highest BCUT2D eigenvalue weighted by Gasteiger charge is 2.01. The number of amides is 1. The summed E-state index contributed by atoms with van der Waals surface area (Å²) in [5.41, 5.74) is 0. The number of imidazole rings is 1. The first-order chi connectivity index (χ1) is 12.8. The van der Waals surface area contributed by atoms with Crippen LogP contribution < -0.4 is 5.32 Å². The maximum atomic E-state index is 11.7. The van der Waals surface area contributed by atoms with Gasteiger partial charge in [-0.2, -0.15) is 0 Å². The zero-order valence-electron chi connectivity index (χ0n) is 16.8. The van der Waals surface area contributed by atoms with E-state index in [0.29, 0.717) is 0 Å². The Hall–Kier alpha value is -1.58. The highest BCUT2D eigenvalue weighted by Crippen LogP contribution is 2.09. The van der Waals surface area contributed by atoms with Gasteiger partial charge in [-0.25, -0.2) is 9.78 Å². The van der Waals surface area contributed by atoms with E-state index in [9.17, 15) is 4.79 Å². The number of unbranched alkanes of at least 4 members (excludes halogenated alkanes) is 12. The fourth-order valence-corrected chi connectivity index (χ4v) is 3.04. The van der Waals surface area contributed by atoms with Gasteiger partial charge in [0.15, 0.2) is 0 Å².